The standard InChI is InChI=1S/C39H52N6O8S/c1-3-28-21-39(28,36(48)42-54(51,52)30-17-18-30)41-34(46)32-20-29-23-45(32)35(47)33(26-13-8-6-9-14-26)40-37(49)43(2)19-10-5-4-7-12-25-15-11-16-27-22-44(24-31(25)27)38(50)53-29/h3,7,11-12,15-16,26,28-30,32-33H,1,4-6,8-10,13-14,17-24H2,2H3,(H,40,49)(H,41,46)(H,42,48)/b12-7+/t28-,29-,32+,33+,39+/m1/s1. The molecule has 3 saturated carbocycles. The van der Waals surface area contributed by atoms with Crippen LogP contribution in [0.3, 0.4) is 0 Å². The zero-order valence-corrected chi connectivity index (χ0v) is 31.8. The molecule has 3 aliphatic carbocycles. The van der Waals surface area contributed by atoms with Crippen molar-refractivity contribution in [1.29, 1.82) is 0 Å². The summed E-state index contributed by atoms with van der Waals surface area (Å²) < 4.78 is 33.7. The van der Waals surface area contributed by atoms with E-state index in [1.807, 2.05) is 18.2 Å². The fraction of sp³-hybridized carbons (Fsp3) is 0.615. The number of ether oxygens (including phenoxy) is 1. The molecule has 0 aromatic heterocycles. The first-order chi connectivity index (χ1) is 25.9. The van der Waals surface area contributed by atoms with Crippen LogP contribution < -0.4 is 15.4 Å². The number of fused-ring (bicyclic) bond motifs is 3. The van der Waals surface area contributed by atoms with Gasteiger partial charge in [0.15, 0.2) is 0 Å². The van der Waals surface area contributed by atoms with E-state index < -0.39 is 68.7 Å². The molecular weight excluding hydrogens is 713 g/mol. The van der Waals surface area contributed by atoms with Crippen molar-refractivity contribution in [1.82, 2.24) is 30.1 Å². The molecule has 15 heteroatoms. The quantitative estimate of drug-likeness (QED) is 0.354. The van der Waals surface area contributed by atoms with Gasteiger partial charge in [0.2, 0.25) is 21.8 Å². The lowest BCUT2D eigenvalue weighted by Gasteiger charge is -2.35. The minimum absolute atomic E-state index is 0.0415. The van der Waals surface area contributed by atoms with E-state index in [-0.39, 0.29) is 31.3 Å². The van der Waals surface area contributed by atoms with Gasteiger partial charge in [-0.25, -0.2) is 18.0 Å². The third-order valence-corrected chi connectivity index (χ3v) is 13.9. The Labute approximate surface area is 317 Å². The van der Waals surface area contributed by atoms with Gasteiger partial charge in [0, 0.05) is 32.5 Å². The van der Waals surface area contributed by atoms with Gasteiger partial charge in [0.25, 0.3) is 5.91 Å². The van der Waals surface area contributed by atoms with E-state index in [1.165, 1.54) is 11.0 Å². The average molecular weight is 765 g/mol. The van der Waals surface area contributed by atoms with Crippen molar-refractivity contribution in [2.75, 3.05) is 20.1 Å². The third-order valence-electron chi connectivity index (χ3n) is 12.1. The summed E-state index contributed by atoms with van der Waals surface area (Å²) in [5, 5.41) is 5.18. The Bertz CT molecular complexity index is 1820. The maximum absolute atomic E-state index is 14.7. The lowest BCUT2D eigenvalue weighted by atomic mass is 9.83. The summed E-state index contributed by atoms with van der Waals surface area (Å²) in [6.45, 7) is 4.91. The molecule has 54 heavy (non-hydrogen) atoms. The number of sulfonamides is 1. The lowest BCUT2D eigenvalue weighted by Crippen LogP contribution is -2.60. The third kappa shape index (κ3) is 7.87. The van der Waals surface area contributed by atoms with Crippen molar-refractivity contribution in [3.05, 3.63) is 53.6 Å². The van der Waals surface area contributed by atoms with E-state index in [2.05, 4.69) is 34.1 Å². The zero-order chi connectivity index (χ0) is 38.2. The number of nitrogens with zero attached hydrogens (tertiary/aromatic N) is 3. The highest BCUT2D eigenvalue weighted by Crippen LogP contribution is 2.45. The Morgan fingerprint density at radius 3 is 2.54 bits per heavy atom. The molecule has 1 aromatic carbocycles. The molecule has 4 bridgehead atoms. The van der Waals surface area contributed by atoms with E-state index in [0.29, 0.717) is 32.5 Å². The number of carbonyl (C=O) groups is 5. The molecule has 3 N–H and O–H groups in total. The number of carbonyl (C=O) groups excluding carboxylic acids is 5. The Morgan fingerprint density at radius 1 is 1.04 bits per heavy atom. The normalized spacial score (nSPS) is 30.2. The molecule has 6 amide bonds. The van der Waals surface area contributed by atoms with E-state index in [4.69, 9.17) is 4.74 Å². The maximum atomic E-state index is 14.7. The van der Waals surface area contributed by atoms with Gasteiger partial charge in [0.05, 0.1) is 18.3 Å². The minimum atomic E-state index is -3.90. The summed E-state index contributed by atoms with van der Waals surface area (Å²) in [5.74, 6) is -2.64. The molecule has 0 spiro atoms. The smallest absolute Gasteiger partial charge is 0.410 e. The number of rotatable bonds is 7. The fourth-order valence-corrected chi connectivity index (χ4v) is 9.90. The van der Waals surface area contributed by atoms with Crippen LogP contribution in [0.5, 0.6) is 0 Å². The van der Waals surface area contributed by atoms with Crippen LogP contribution in [0.15, 0.2) is 36.9 Å². The molecule has 3 aliphatic heterocycles. The van der Waals surface area contributed by atoms with E-state index in [9.17, 15) is 32.4 Å². The molecule has 6 aliphatic rings. The SMILES string of the molecule is C=C[C@@H]1C[C@@]1(NC(=O)[C@@H]1C[C@@H]2CN1C(=O)[C@H](C1CCCCC1)NC(=O)N(C)CCCC/C=C/c1cccc3c1CN(C3)C(=O)O2)C(=O)NS(=O)(=O)C1CC1. The molecule has 1 saturated heterocycles. The van der Waals surface area contributed by atoms with Gasteiger partial charge in [-0.2, -0.15) is 0 Å². The molecule has 5 atom stereocenters. The van der Waals surface area contributed by atoms with Gasteiger partial charge in [-0.3, -0.25) is 24.0 Å². The van der Waals surface area contributed by atoms with Gasteiger partial charge >= 0.3 is 12.1 Å². The van der Waals surface area contributed by atoms with Crippen molar-refractivity contribution in [2.45, 2.75) is 119 Å². The summed E-state index contributed by atoms with van der Waals surface area (Å²) in [6.07, 6.45) is 12.0. The van der Waals surface area contributed by atoms with Crippen LogP contribution in [0.1, 0.15) is 93.7 Å². The minimum Gasteiger partial charge on any atom is -0.444 e. The predicted molar refractivity (Wildman–Crippen MR) is 200 cm³/mol. The van der Waals surface area contributed by atoms with Gasteiger partial charge in [-0.05, 0) is 74.0 Å². The summed E-state index contributed by atoms with van der Waals surface area (Å²) in [7, 11) is -2.19. The first-order valence-electron chi connectivity index (χ1n) is 19.5. The van der Waals surface area contributed by atoms with Crippen LogP contribution in [0.2, 0.25) is 0 Å². The van der Waals surface area contributed by atoms with Crippen LogP contribution >= 0.6 is 0 Å². The summed E-state index contributed by atoms with van der Waals surface area (Å²) in [4.78, 5) is 74.5. The van der Waals surface area contributed by atoms with E-state index in [0.717, 1.165) is 68.1 Å². The van der Waals surface area contributed by atoms with Crippen LogP contribution in [0.4, 0.5) is 9.59 Å². The molecule has 1 aromatic rings. The van der Waals surface area contributed by atoms with Gasteiger partial charge < -0.3 is 25.2 Å². The molecule has 0 unspecified atom stereocenters. The highest BCUT2D eigenvalue weighted by atomic mass is 32.2. The second-order valence-electron chi connectivity index (χ2n) is 15.9. The Morgan fingerprint density at radius 2 is 1.81 bits per heavy atom. The second-order valence-corrected chi connectivity index (χ2v) is 17.9. The largest absolute Gasteiger partial charge is 0.444 e. The van der Waals surface area contributed by atoms with Gasteiger partial charge in [-0.15, -0.1) is 6.58 Å². The first-order valence-corrected chi connectivity index (χ1v) is 21.0. The first kappa shape index (κ1) is 37.9. The molecule has 14 nitrogen and oxygen atoms in total. The zero-order valence-electron chi connectivity index (χ0n) is 31.0. The van der Waals surface area contributed by atoms with Crippen molar-refractivity contribution in [3.63, 3.8) is 0 Å². The number of allylic oxidation sites excluding steroid dienone is 1. The molecular formula is C39H52N6O8S. The molecule has 292 valence electrons. The Balaban J connectivity index is 1.17. The summed E-state index contributed by atoms with van der Waals surface area (Å²) in [6, 6.07) is 3.52. The highest BCUT2D eigenvalue weighted by Gasteiger charge is 2.62. The number of hydrogen-bond acceptors (Lipinski definition) is 8. The molecule has 7 rings (SSSR count). The van der Waals surface area contributed by atoms with Gasteiger partial charge in [-0.1, -0.05) is 55.7 Å². The molecule has 4 fully saturated rings. The summed E-state index contributed by atoms with van der Waals surface area (Å²) >= 11 is 0. The topological polar surface area (TPSA) is 175 Å². The van der Waals surface area contributed by atoms with Gasteiger partial charge in [0.1, 0.15) is 23.7 Å². The maximum Gasteiger partial charge on any atom is 0.410 e. The van der Waals surface area contributed by atoms with Crippen LogP contribution in [0.25, 0.3) is 6.08 Å². The van der Waals surface area contributed by atoms with Crippen molar-refractivity contribution < 1.29 is 37.1 Å². The Kier molecular flexibility index (Phi) is 10.8. The second kappa shape index (κ2) is 15.4. The summed E-state index contributed by atoms with van der Waals surface area (Å²) in [5.41, 5.74) is 1.54. The average Bonchev–Trinajstić information content (AvgIpc) is 4.05. The van der Waals surface area contributed by atoms with E-state index in [1.54, 1.807) is 16.8 Å². The van der Waals surface area contributed by atoms with Crippen molar-refractivity contribution >= 4 is 45.9 Å². The van der Waals surface area contributed by atoms with E-state index >= 15 is 0 Å². The lowest BCUT2D eigenvalue weighted by molar-refractivity contribution is -0.142. The number of hydrogen-bond donors (Lipinski definition) is 3. The molecule has 3 heterocycles. The fourth-order valence-electron chi connectivity index (χ4n) is 8.54. The van der Waals surface area contributed by atoms with Crippen molar-refractivity contribution in [2.24, 2.45) is 11.8 Å². The number of benzene rings is 1. The predicted octanol–water partition coefficient (Wildman–Crippen LogP) is 3.57. The number of urea groups is 1. The number of amides is 6. The van der Waals surface area contributed by atoms with Crippen LogP contribution in [-0.4, -0.2) is 102 Å². The van der Waals surface area contributed by atoms with Crippen molar-refractivity contribution in [3.8, 4) is 0 Å². The van der Waals surface area contributed by atoms with Crippen LogP contribution in [0, 0.1) is 11.8 Å². The Hall–Kier alpha value is -4.40. The molecule has 0 radical (unpaired) electrons. The number of nitrogens with one attached hydrogen (secondary N) is 3. The highest BCUT2D eigenvalue weighted by molar-refractivity contribution is 7.91. The monoisotopic (exact) mass is 764 g/mol. The van der Waals surface area contributed by atoms with Crippen LogP contribution in [-0.2, 0) is 42.2 Å².